The van der Waals surface area contributed by atoms with E-state index in [0.29, 0.717) is 25.2 Å². The Balaban J connectivity index is 2.16. The van der Waals surface area contributed by atoms with Crippen molar-refractivity contribution in [3.8, 4) is 5.75 Å². The number of nitrogens with zero attached hydrogens (tertiary/aromatic N) is 2. The maximum Gasteiger partial charge on any atom is 0.237 e. The highest BCUT2D eigenvalue weighted by molar-refractivity contribution is 5.81. The Kier molecular flexibility index (Phi) is 4.01. The van der Waals surface area contributed by atoms with Gasteiger partial charge in [-0.2, -0.15) is 0 Å². The number of carbonyl (C=O) groups excluding carboxylic acids is 1. The smallest absolute Gasteiger partial charge is 0.237 e. The summed E-state index contributed by atoms with van der Waals surface area (Å²) in [6, 6.07) is 3.11. The highest BCUT2D eigenvalue weighted by Crippen LogP contribution is 2.23. The molecule has 1 aromatic heterocycles. The van der Waals surface area contributed by atoms with Crippen LogP contribution in [0.25, 0.3) is 0 Å². The number of likely N-dealkylation sites (N-methyl/N-ethyl adjacent to an activating group) is 1. The number of pyridine rings is 1. The van der Waals surface area contributed by atoms with E-state index in [1.54, 1.807) is 19.2 Å². The van der Waals surface area contributed by atoms with Crippen LogP contribution in [0.3, 0.4) is 0 Å². The average Bonchev–Trinajstić information content (AvgIpc) is 2.74. The summed E-state index contributed by atoms with van der Waals surface area (Å²) in [4.78, 5) is 18.1. The highest BCUT2D eigenvalue weighted by Gasteiger charge is 2.35. The molecule has 1 aromatic rings. The molecule has 0 radical (unpaired) electrons. The number of hydrogen-bond acceptors (Lipinski definition) is 5. The minimum Gasteiger partial charge on any atom is -0.506 e. The van der Waals surface area contributed by atoms with Crippen molar-refractivity contribution in [3.63, 3.8) is 0 Å². The molecule has 0 saturated carbocycles. The lowest BCUT2D eigenvalue weighted by Crippen LogP contribution is -2.41. The van der Waals surface area contributed by atoms with Crippen LogP contribution in [0.2, 0.25) is 0 Å². The Morgan fingerprint density at radius 2 is 2.37 bits per heavy atom. The molecule has 0 unspecified atom stereocenters. The molecule has 104 valence electrons. The van der Waals surface area contributed by atoms with Gasteiger partial charge < -0.3 is 16.2 Å². The monoisotopic (exact) mass is 264 g/mol. The van der Waals surface area contributed by atoms with Crippen molar-refractivity contribution >= 4 is 5.91 Å². The molecule has 1 saturated heterocycles. The van der Waals surface area contributed by atoms with Gasteiger partial charge in [0.2, 0.25) is 5.91 Å². The van der Waals surface area contributed by atoms with Gasteiger partial charge in [-0.15, -0.1) is 0 Å². The van der Waals surface area contributed by atoms with Crippen LogP contribution < -0.4 is 11.1 Å². The number of likely N-dealkylation sites (tertiary alicyclic amines) is 1. The Hall–Kier alpha value is -1.66. The number of aromatic hydroxyl groups is 1. The summed E-state index contributed by atoms with van der Waals surface area (Å²) in [7, 11) is 1.62. The predicted molar refractivity (Wildman–Crippen MR) is 71.5 cm³/mol. The number of nitrogens with two attached hydrogens (primary N) is 1. The lowest BCUT2D eigenvalue weighted by Gasteiger charge is -2.22. The van der Waals surface area contributed by atoms with Gasteiger partial charge in [0.15, 0.2) is 0 Å². The molecule has 0 bridgehead atoms. The second-order valence-corrected chi connectivity index (χ2v) is 4.97. The van der Waals surface area contributed by atoms with Gasteiger partial charge in [-0.25, -0.2) is 0 Å². The van der Waals surface area contributed by atoms with Crippen molar-refractivity contribution < 1.29 is 9.90 Å². The van der Waals surface area contributed by atoms with Crippen LogP contribution in [0.15, 0.2) is 12.1 Å². The Morgan fingerprint density at radius 1 is 1.63 bits per heavy atom. The first kappa shape index (κ1) is 13.8. The zero-order valence-electron chi connectivity index (χ0n) is 11.3. The largest absolute Gasteiger partial charge is 0.506 e. The van der Waals surface area contributed by atoms with E-state index in [-0.39, 0.29) is 23.7 Å². The summed E-state index contributed by atoms with van der Waals surface area (Å²) in [5.41, 5.74) is 7.35. The third-order valence-electron chi connectivity index (χ3n) is 3.43. The SMILES string of the molecule is CNC(=O)[C@@H]1C[C@@H](N)CN1Cc1nc(C)ccc1O. The van der Waals surface area contributed by atoms with Gasteiger partial charge in [0.1, 0.15) is 5.75 Å². The van der Waals surface area contributed by atoms with Crippen molar-refractivity contribution in [1.29, 1.82) is 0 Å². The van der Waals surface area contributed by atoms with Gasteiger partial charge in [-0.05, 0) is 25.5 Å². The van der Waals surface area contributed by atoms with Crippen molar-refractivity contribution in [2.45, 2.75) is 32.0 Å². The van der Waals surface area contributed by atoms with E-state index in [2.05, 4.69) is 10.3 Å². The number of nitrogens with one attached hydrogen (secondary N) is 1. The molecule has 6 heteroatoms. The van der Waals surface area contributed by atoms with E-state index in [1.807, 2.05) is 11.8 Å². The first-order valence-electron chi connectivity index (χ1n) is 6.38. The lowest BCUT2D eigenvalue weighted by molar-refractivity contribution is -0.125. The summed E-state index contributed by atoms with van der Waals surface area (Å²) < 4.78 is 0. The predicted octanol–water partition coefficient (Wildman–Crippen LogP) is -0.257. The highest BCUT2D eigenvalue weighted by atomic mass is 16.3. The average molecular weight is 264 g/mol. The van der Waals surface area contributed by atoms with E-state index in [4.69, 9.17) is 5.73 Å². The molecular weight excluding hydrogens is 244 g/mol. The topological polar surface area (TPSA) is 91.5 Å². The van der Waals surface area contributed by atoms with Crippen LogP contribution in [0.4, 0.5) is 0 Å². The molecule has 2 atom stereocenters. The van der Waals surface area contributed by atoms with Crippen LogP contribution in [0.5, 0.6) is 5.75 Å². The minimum absolute atomic E-state index is 0.0192. The zero-order chi connectivity index (χ0) is 14.0. The molecule has 4 N–H and O–H groups in total. The van der Waals surface area contributed by atoms with E-state index in [9.17, 15) is 9.90 Å². The normalized spacial score (nSPS) is 23.5. The third kappa shape index (κ3) is 3.02. The van der Waals surface area contributed by atoms with Crippen LogP contribution in [0.1, 0.15) is 17.8 Å². The Labute approximate surface area is 112 Å². The van der Waals surface area contributed by atoms with Gasteiger partial charge in [0.05, 0.1) is 11.7 Å². The van der Waals surface area contributed by atoms with Crippen molar-refractivity contribution in [3.05, 3.63) is 23.5 Å². The molecular formula is C13H20N4O2. The second-order valence-electron chi connectivity index (χ2n) is 4.97. The standard InChI is InChI=1S/C13H20N4O2/c1-8-3-4-12(18)10(16-8)7-17-6-9(14)5-11(17)13(19)15-2/h3-4,9,11,18H,5-7,14H2,1-2H3,(H,15,19)/t9-,11+/m1/s1. The van der Waals surface area contributed by atoms with Gasteiger partial charge >= 0.3 is 0 Å². The third-order valence-corrected chi connectivity index (χ3v) is 3.43. The number of amides is 1. The number of aryl methyl sites for hydroxylation is 1. The molecule has 6 nitrogen and oxygen atoms in total. The van der Waals surface area contributed by atoms with Crippen molar-refractivity contribution in [1.82, 2.24) is 15.2 Å². The zero-order valence-corrected chi connectivity index (χ0v) is 11.3. The molecule has 1 amide bonds. The lowest BCUT2D eigenvalue weighted by atomic mass is 10.1. The molecule has 1 aliphatic heterocycles. The van der Waals surface area contributed by atoms with Crippen LogP contribution >= 0.6 is 0 Å². The first-order chi connectivity index (χ1) is 9.01. The molecule has 1 fully saturated rings. The van der Waals surface area contributed by atoms with Crippen molar-refractivity contribution in [2.75, 3.05) is 13.6 Å². The Morgan fingerprint density at radius 3 is 3.05 bits per heavy atom. The molecule has 0 spiro atoms. The maximum absolute atomic E-state index is 11.8. The van der Waals surface area contributed by atoms with Crippen molar-refractivity contribution in [2.24, 2.45) is 5.73 Å². The van der Waals surface area contributed by atoms with Gasteiger partial charge in [0.25, 0.3) is 0 Å². The van der Waals surface area contributed by atoms with E-state index >= 15 is 0 Å². The van der Waals surface area contributed by atoms with E-state index in [0.717, 1.165) is 5.69 Å². The van der Waals surface area contributed by atoms with Gasteiger partial charge in [-0.1, -0.05) is 0 Å². The number of hydrogen-bond donors (Lipinski definition) is 3. The molecule has 0 aliphatic carbocycles. The molecule has 2 rings (SSSR count). The van der Waals surface area contributed by atoms with Gasteiger partial charge in [0, 0.05) is 31.9 Å². The fourth-order valence-corrected chi connectivity index (χ4v) is 2.46. The Bertz CT molecular complexity index is 478. The summed E-state index contributed by atoms with van der Waals surface area (Å²) in [6.45, 7) is 2.93. The van der Waals surface area contributed by atoms with E-state index in [1.165, 1.54) is 0 Å². The van der Waals surface area contributed by atoms with Crippen LogP contribution in [0, 0.1) is 6.92 Å². The van der Waals surface area contributed by atoms with Gasteiger partial charge in [-0.3, -0.25) is 14.7 Å². The summed E-state index contributed by atoms with van der Waals surface area (Å²) in [5, 5.41) is 12.5. The molecule has 0 aromatic carbocycles. The summed E-state index contributed by atoms with van der Waals surface area (Å²) in [5.74, 6) is 0.113. The van der Waals surface area contributed by atoms with Crippen LogP contribution in [-0.4, -0.2) is 46.6 Å². The summed E-state index contributed by atoms with van der Waals surface area (Å²) >= 11 is 0. The second kappa shape index (κ2) is 5.54. The molecule has 1 aliphatic rings. The van der Waals surface area contributed by atoms with E-state index < -0.39 is 0 Å². The summed E-state index contributed by atoms with van der Waals surface area (Å²) in [6.07, 6.45) is 0.631. The number of aromatic nitrogens is 1. The molecule has 2 heterocycles. The minimum atomic E-state index is -0.248. The molecule has 19 heavy (non-hydrogen) atoms. The van der Waals surface area contributed by atoms with Crippen LogP contribution in [-0.2, 0) is 11.3 Å². The maximum atomic E-state index is 11.8. The first-order valence-corrected chi connectivity index (χ1v) is 6.38. The number of carbonyl (C=O) groups is 1. The fraction of sp³-hybridized carbons (Fsp3) is 0.538. The quantitative estimate of drug-likeness (QED) is 0.700. The fourth-order valence-electron chi connectivity index (χ4n) is 2.46. The number of rotatable bonds is 3.